The van der Waals surface area contributed by atoms with Crippen molar-refractivity contribution in [1.82, 2.24) is 0 Å². The second-order valence-corrected chi connectivity index (χ2v) is 6.23. The van der Waals surface area contributed by atoms with Crippen LogP contribution in [0.1, 0.15) is 0 Å². The van der Waals surface area contributed by atoms with Crippen molar-refractivity contribution in [1.29, 1.82) is 0 Å². The molecule has 70 valence electrons. The third kappa shape index (κ3) is 5.01. The van der Waals surface area contributed by atoms with E-state index in [-0.39, 0.29) is 13.2 Å². The highest BCUT2D eigenvalue weighted by Gasteiger charge is 2.23. The molecule has 0 fully saturated rings. The molecule has 0 aromatic heterocycles. The fourth-order valence-corrected chi connectivity index (χ4v) is 2.42. The number of hydrogen-bond donors (Lipinski definition) is 0. The molecule has 0 atom stereocenters. The van der Waals surface area contributed by atoms with Gasteiger partial charge in [0.1, 0.15) is 0 Å². The van der Waals surface area contributed by atoms with Crippen LogP contribution in [0.5, 0.6) is 0 Å². The largest absolute Gasteiger partial charge is 0.404 e. The lowest BCUT2D eigenvalue weighted by atomic mass is 10.7. The lowest BCUT2D eigenvalue weighted by Crippen LogP contribution is -1.91. The van der Waals surface area contributed by atoms with Gasteiger partial charge in [0.05, 0.1) is 23.8 Å². The summed E-state index contributed by atoms with van der Waals surface area (Å²) in [6, 6.07) is 0. The zero-order valence-electron chi connectivity index (χ0n) is 6.44. The minimum Gasteiger partial charge on any atom is -0.296 e. The summed E-state index contributed by atoms with van der Waals surface area (Å²) in [7, 11) is 5.86. The first-order valence-electron chi connectivity index (χ1n) is 3.09. The quantitative estimate of drug-likeness (QED) is 0.494. The molecule has 0 aromatic carbocycles. The number of hydrogen-bond acceptors (Lipinski definition) is 4. The fourth-order valence-electron chi connectivity index (χ4n) is 0.365. The minimum atomic E-state index is -3.19. The van der Waals surface area contributed by atoms with Crippen LogP contribution in [-0.4, -0.2) is 13.2 Å². The van der Waals surface area contributed by atoms with Gasteiger partial charge in [0, 0.05) is 0 Å². The normalized spacial score (nSPS) is 11.1. The van der Waals surface area contributed by atoms with Gasteiger partial charge >= 0.3 is 6.80 Å². The summed E-state index contributed by atoms with van der Waals surface area (Å²) in [5.74, 6) is 0. The van der Waals surface area contributed by atoms with E-state index < -0.39 is 6.80 Å². The second-order valence-electron chi connectivity index (χ2n) is 1.69. The third-order valence-corrected chi connectivity index (χ3v) is 4.55. The Balaban J connectivity index is 3.94. The van der Waals surface area contributed by atoms with Crippen LogP contribution in [0.2, 0.25) is 0 Å². The molecule has 6 heteroatoms. The summed E-state index contributed by atoms with van der Waals surface area (Å²) in [6.45, 7) is 3.91. The molecule has 0 aliphatic heterocycles. The highest BCUT2D eigenvalue weighted by molar-refractivity contribution is 8.66. The van der Waals surface area contributed by atoms with Gasteiger partial charge in [0.25, 0.3) is 0 Å². The van der Waals surface area contributed by atoms with Gasteiger partial charge in [-0.2, -0.15) is 0 Å². The van der Waals surface area contributed by atoms with Crippen LogP contribution >= 0.6 is 28.1 Å². The third-order valence-electron chi connectivity index (χ3n) is 0.786. The molecule has 0 spiro atoms. The molecule has 0 heterocycles. The Hall–Kier alpha value is 0.270. The van der Waals surface area contributed by atoms with E-state index in [4.69, 9.17) is 19.7 Å². The van der Waals surface area contributed by atoms with E-state index in [0.717, 1.165) is 0 Å². The Kier molecular flexibility index (Phi) is 6.90. The van der Waals surface area contributed by atoms with Gasteiger partial charge in [-0.15, -0.1) is 13.2 Å². The van der Waals surface area contributed by atoms with E-state index in [9.17, 15) is 4.57 Å². The summed E-state index contributed by atoms with van der Waals surface area (Å²) in [5, 5.41) is 0. The van der Waals surface area contributed by atoms with Gasteiger partial charge in [-0.05, 0) is 10.7 Å². The Labute approximate surface area is 80.6 Å². The maximum Gasteiger partial charge on any atom is 0.404 e. The van der Waals surface area contributed by atoms with Crippen molar-refractivity contribution in [3.63, 3.8) is 0 Å². The minimum absolute atomic E-state index is 0.147. The van der Waals surface area contributed by atoms with Crippen molar-refractivity contribution >= 4 is 28.1 Å². The predicted octanol–water partition coefficient (Wildman–Crippen LogP) is 3.39. The molecule has 0 N–H and O–H groups in total. The molecule has 0 unspecified atom stereocenters. The van der Waals surface area contributed by atoms with E-state index >= 15 is 0 Å². The molecule has 0 amide bonds. The van der Waals surface area contributed by atoms with Crippen LogP contribution in [0, 0.1) is 0 Å². The molecule has 0 rings (SSSR count). The van der Waals surface area contributed by atoms with E-state index in [1.807, 2.05) is 0 Å². The second kappa shape index (κ2) is 6.75. The molecule has 0 saturated carbocycles. The molecule has 0 bridgehead atoms. The van der Waals surface area contributed by atoms with Crippen molar-refractivity contribution in [3.8, 4) is 0 Å². The van der Waals surface area contributed by atoms with E-state index in [1.165, 1.54) is 12.2 Å². The lowest BCUT2D eigenvalue weighted by Gasteiger charge is -2.11. The molecule has 0 aliphatic rings. The van der Waals surface area contributed by atoms with E-state index in [0.29, 0.717) is 10.6 Å². The Morgan fingerprint density at radius 2 is 1.75 bits per heavy atom. The van der Waals surface area contributed by atoms with Crippen LogP contribution in [0.4, 0.5) is 0 Å². The van der Waals surface area contributed by atoms with Gasteiger partial charge in [0.15, 0.2) is 0 Å². The first-order chi connectivity index (χ1) is 5.68. The number of rotatable bonds is 7. The van der Waals surface area contributed by atoms with Crippen LogP contribution in [0.25, 0.3) is 0 Å². The van der Waals surface area contributed by atoms with Gasteiger partial charge in [0.2, 0.25) is 0 Å². The molecular formula is C6H10ClO3PS. The molecule has 0 aromatic rings. The maximum absolute atomic E-state index is 11.4. The highest BCUT2D eigenvalue weighted by Crippen LogP contribution is 2.62. The standard InChI is InChI=1S/C6H10ClO3PS/c1-3-5-9-11(8,12-7)10-6-4-2/h3-4H,1-2,5-6H2. The molecule has 0 aliphatic carbocycles. The first kappa shape index (κ1) is 12.3. The number of halogens is 1. The monoisotopic (exact) mass is 228 g/mol. The van der Waals surface area contributed by atoms with Gasteiger partial charge in [-0.25, -0.2) is 4.57 Å². The average Bonchev–Trinajstić information content (AvgIpc) is 2.11. The Morgan fingerprint density at radius 1 is 1.33 bits per heavy atom. The smallest absolute Gasteiger partial charge is 0.296 e. The van der Waals surface area contributed by atoms with E-state index in [1.54, 1.807) is 0 Å². The van der Waals surface area contributed by atoms with Gasteiger partial charge in [-0.3, -0.25) is 9.05 Å². The highest BCUT2D eigenvalue weighted by atomic mass is 35.7. The summed E-state index contributed by atoms with van der Waals surface area (Å²) >= 11 is 0. The summed E-state index contributed by atoms with van der Waals surface area (Å²) in [4.78, 5) is 0. The lowest BCUT2D eigenvalue weighted by molar-refractivity contribution is 0.255. The van der Waals surface area contributed by atoms with Crippen molar-refractivity contribution in [2.24, 2.45) is 0 Å². The molecular weight excluding hydrogens is 219 g/mol. The van der Waals surface area contributed by atoms with Crippen molar-refractivity contribution < 1.29 is 13.6 Å². The van der Waals surface area contributed by atoms with Crippen molar-refractivity contribution in [2.45, 2.75) is 0 Å². The van der Waals surface area contributed by atoms with Crippen molar-refractivity contribution in [2.75, 3.05) is 13.2 Å². The van der Waals surface area contributed by atoms with Crippen LogP contribution in [0.15, 0.2) is 25.3 Å². The average molecular weight is 229 g/mol. The summed E-state index contributed by atoms with van der Waals surface area (Å²) < 4.78 is 21.0. The zero-order chi connectivity index (χ0) is 9.45. The molecule has 0 saturated heterocycles. The van der Waals surface area contributed by atoms with Gasteiger partial charge in [-0.1, -0.05) is 12.2 Å². The van der Waals surface area contributed by atoms with Gasteiger partial charge < -0.3 is 0 Å². The summed E-state index contributed by atoms with van der Waals surface area (Å²) in [5.41, 5.74) is 0. The molecule has 3 nitrogen and oxygen atoms in total. The van der Waals surface area contributed by atoms with Crippen LogP contribution in [0.3, 0.4) is 0 Å². The molecule has 0 radical (unpaired) electrons. The maximum atomic E-state index is 11.4. The first-order valence-corrected chi connectivity index (χ1v) is 6.89. The molecule has 12 heavy (non-hydrogen) atoms. The Bertz CT molecular complexity index is 181. The van der Waals surface area contributed by atoms with E-state index in [2.05, 4.69) is 13.2 Å². The zero-order valence-corrected chi connectivity index (χ0v) is 8.91. The SMILES string of the molecule is C=CCOP(=O)(OCC=C)SCl. The summed E-state index contributed by atoms with van der Waals surface area (Å²) in [6.07, 6.45) is 2.94. The fraction of sp³-hybridized carbons (Fsp3) is 0.333. The van der Waals surface area contributed by atoms with Crippen molar-refractivity contribution in [3.05, 3.63) is 25.3 Å². The predicted molar refractivity (Wildman–Crippen MR) is 53.3 cm³/mol. The Morgan fingerprint density at radius 3 is 2.00 bits per heavy atom. The van der Waals surface area contributed by atoms with Crippen LogP contribution in [-0.2, 0) is 13.6 Å². The topological polar surface area (TPSA) is 35.5 Å². The van der Waals surface area contributed by atoms with Crippen LogP contribution < -0.4 is 0 Å².